The third-order valence-corrected chi connectivity index (χ3v) is 4.30. The molecule has 6 nitrogen and oxygen atoms in total. The standard InChI is InChI=1S/C22H24N2O4/c1-5-28-18-11-10-14(12-17(18)19(25)23-22(2,3)4)13-24-20(26)15-8-6-7-9-16(15)21(24)27/h6-12H,5,13H2,1-4H3,(H,23,25). The van der Waals surface area contributed by atoms with Gasteiger partial charge in [-0.3, -0.25) is 19.3 Å². The molecule has 0 atom stereocenters. The molecule has 3 amide bonds. The molecule has 2 aromatic rings. The number of nitrogens with zero attached hydrogens (tertiary/aromatic N) is 1. The van der Waals surface area contributed by atoms with Crippen molar-refractivity contribution in [1.29, 1.82) is 0 Å². The van der Waals surface area contributed by atoms with Gasteiger partial charge in [0.25, 0.3) is 17.7 Å². The molecule has 3 rings (SSSR count). The van der Waals surface area contributed by atoms with Gasteiger partial charge in [0, 0.05) is 5.54 Å². The number of ether oxygens (including phenoxy) is 1. The number of amides is 3. The van der Waals surface area contributed by atoms with Crippen molar-refractivity contribution in [3.8, 4) is 5.75 Å². The second-order valence-corrected chi connectivity index (χ2v) is 7.71. The van der Waals surface area contributed by atoms with Crippen LogP contribution in [0.1, 0.15) is 64.3 Å². The summed E-state index contributed by atoms with van der Waals surface area (Å²) in [7, 11) is 0. The molecule has 0 spiro atoms. The van der Waals surface area contributed by atoms with Crippen LogP contribution in [0, 0.1) is 0 Å². The van der Waals surface area contributed by atoms with Crippen LogP contribution in [0.25, 0.3) is 0 Å². The summed E-state index contributed by atoms with van der Waals surface area (Å²) in [5.41, 5.74) is 1.47. The third-order valence-electron chi connectivity index (χ3n) is 4.30. The Morgan fingerprint density at radius 3 is 2.18 bits per heavy atom. The summed E-state index contributed by atoms with van der Waals surface area (Å²) in [4.78, 5) is 39.1. The van der Waals surface area contributed by atoms with E-state index in [9.17, 15) is 14.4 Å². The molecule has 0 saturated heterocycles. The molecule has 0 aromatic heterocycles. The first-order valence-electron chi connectivity index (χ1n) is 9.24. The fraction of sp³-hybridized carbons (Fsp3) is 0.318. The van der Waals surface area contributed by atoms with E-state index < -0.39 is 5.54 Å². The van der Waals surface area contributed by atoms with Crippen LogP contribution in [0.2, 0.25) is 0 Å². The molecule has 146 valence electrons. The smallest absolute Gasteiger partial charge is 0.261 e. The molecule has 1 aliphatic rings. The SMILES string of the molecule is CCOc1ccc(CN2C(=O)c3ccccc3C2=O)cc1C(=O)NC(C)(C)C. The van der Waals surface area contributed by atoms with Gasteiger partial charge in [-0.1, -0.05) is 18.2 Å². The molecule has 1 heterocycles. The average molecular weight is 380 g/mol. The minimum Gasteiger partial charge on any atom is -0.493 e. The average Bonchev–Trinajstić information content (AvgIpc) is 2.87. The van der Waals surface area contributed by atoms with Gasteiger partial charge in [0.1, 0.15) is 5.75 Å². The number of carbonyl (C=O) groups is 3. The van der Waals surface area contributed by atoms with Crippen molar-refractivity contribution in [3.05, 3.63) is 64.7 Å². The largest absolute Gasteiger partial charge is 0.493 e. The molecule has 28 heavy (non-hydrogen) atoms. The van der Waals surface area contributed by atoms with E-state index in [1.54, 1.807) is 42.5 Å². The molecular formula is C22H24N2O4. The molecular weight excluding hydrogens is 356 g/mol. The Balaban J connectivity index is 1.89. The number of imide groups is 1. The van der Waals surface area contributed by atoms with Crippen molar-refractivity contribution in [2.45, 2.75) is 39.8 Å². The Hall–Kier alpha value is -3.15. The van der Waals surface area contributed by atoms with Crippen molar-refractivity contribution in [1.82, 2.24) is 10.2 Å². The van der Waals surface area contributed by atoms with Gasteiger partial charge in [-0.05, 0) is 57.5 Å². The van der Waals surface area contributed by atoms with Crippen molar-refractivity contribution in [3.63, 3.8) is 0 Å². The summed E-state index contributed by atoms with van der Waals surface area (Å²) in [6, 6.07) is 11.9. The minimum atomic E-state index is -0.404. The van der Waals surface area contributed by atoms with Crippen LogP contribution >= 0.6 is 0 Å². The van der Waals surface area contributed by atoms with Gasteiger partial charge in [-0.25, -0.2) is 0 Å². The molecule has 0 bridgehead atoms. The Kier molecular flexibility index (Phi) is 5.23. The third kappa shape index (κ3) is 3.91. The first-order valence-corrected chi connectivity index (χ1v) is 9.24. The van der Waals surface area contributed by atoms with Crippen LogP contribution in [-0.4, -0.2) is 34.8 Å². The van der Waals surface area contributed by atoms with E-state index in [0.717, 1.165) is 0 Å². The zero-order valence-corrected chi connectivity index (χ0v) is 16.5. The maximum atomic E-state index is 12.7. The van der Waals surface area contributed by atoms with Gasteiger partial charge in [0.2, 0.25) is 0 Å². The zero-order chi connectivity index (χ0) is 20.5. The summed E-state index contributed by atoms with van der Waals surface area (Å²) >= 11 is 0. The fourth-order valence-corrected chi connectivity index (χ4v) is 3.11. The number of carbonyl (C=O) groups excluding carboxylic acids is 3. The van der Waals surface area contributed by atoms with Crippen LogP contribution in [-0.2, 0) is 6.54 Å². The molecule has 2 aromatic carbocycles. The maximum absolute atomic E-state index is 12.7. The van der Waals surface area contributed by atoms with Crippen molar-refractivity contribution < 1.29 is 19.1 Å². The molecule has 0 unspecified atom stereocenters. The van der Waals surface area contributed by atoms with Crippen LogP contribution < -0.4 is 10.1 Å². The summed E-state index contributed by atoms with van der Waals surface area (Å²) in [6.45, 7) is 8.05. The van der Waals surface area contributed by atoms with Crippen molar-refractivity contribution >= 4 is 17.7 Å². The molecule has 6 heteroatoms. The van der Waals surface area contributed by atoms with Gasteiger partial charge in [0.15, 0.2) is 0 Å². The predicted octanol–water partition coefficient (Wildman–Crippen LogP) is 3.41. The second kappa shape index (κ2) is 7.46. The number of hydrogen-bond donors (Lipinski definition) is 1. The van der Waals surface area contributed by atoms with Crippen LogP contribution in [0.5, 0.6) is 5.75 Å². The van der Waals surface area contributed by atoms with E-state index in [0.29, 0.717) is 34.6 Å². The second-order valence-electron chi connectivity index (χ2n) is 7.71. The van der Waals surface area contributed by atoms with Crippen LogP contribution in [0.4, 0.5) is 0 Å². The summed E-state index contributed by atoms with van der Waals surface area (Å²) in [6.07, 6.45) is 0. The van der Waals surface area contributed by atoms with Crippen LogP contribution in [0.3, 0.4) is 0 Å². The summed E-state index contributed by atoms with van der Waals surface area (Å²) in [5.74, 6) is -0.444. The van der Waals surface area contributed by atoms with Gasteiger partial charge in [0.05, 0.1) is 29.8 Å². The van der Waals surface area contributed by atoms with E-state index in [4.69, 9.17) is 4.74 Å². The van der Waals surface area contributed by atoms with Gasteiger partial charge < -0.3 is 10.1 Å². The van der Waals surface area contributed by atoms with Gasteiger partial charge in [-0.2, -0.15) is 0 Å². The first-order chi connectivity index (χ1) is 13.2. The minimum absolute atomic E-state index is 0.0918. The first kappa shape index (κ1) is 19.6. The molecule has 0 aliphatic carbocycles. The lowest BCUT2D eigenvalue weighted by atomic mass is 10.0. The van der Waals surface area contributed by atoms with E-state index in [1.807, 2.05) is 27.7 Å². The normalized spacial score (nSPS) is 13.5. The Morgan fingerprint density at radius 1 is 1.04 bits per heavy atom. The highest BCUT2D eigenvalue weighted by molar-refractivity contribution is 6.21. The van der Waals surface area contributed by atoms with Crippen LogP contribution in [0.15, 0.2) is 42.5 Å². The Morgan fingerprint density at radius 2 is 1.64 bits per heavy atom. The van der Waals surface area contributed by atoms with Crippen molar-refractivity contribution in [2.75, 3.05) is 6.61 Å². The lowest BCUT2D eigenvalue weighted by molar-refractivity contribution is 0.0642. The number of benzene rings is 2. The fourth-order valence-electron chi connectivity index (χ4n) is 3.11. The molecule has 1 aliphatic heterocycles. The maximum Gasteiger partial charge on any atom is 0.261 e. The number of rotatable bonds is 5. The molecule has 1 N–H and O–H groups in total. The lowest BCUT2D eigenvalue weighted by Crippen LogP contribution is -2.40. The molecule has 0 saturated carbocycles. The van der Waals surface area contributed by atoms with Gasteiger partial charge in [-0.15, -0.1) is 0 Å². The summed E-state index contributed by atoms with van der Waals surface area (Å²) in [5, 5.41) is 2.92. The predicted molar refractivity (Wildman–Crippen MR) is 105 cm³/mol. The Labute approximate surface area is 164 Å². The highest BCUT2D eigenvalue weighted by Gasteiger charge is 2.35. The highest BCUT2D eigenvalue weighted by Crippen LogP contribution is 2.26. The van der Waals surface area contributed by atoms with Crippen molar-refractivity contribution in [2.24, 2.45) is 0 Å². The monoisotopic (exact) mass is 380 g/mol. The lowest BCUT2D eigenvalue weighted by Gasteiger charge is -2.22. The molecule has 0 fully saturated rings. The number of fused-ring (bicyclic) bond motifs is 1. The number of hydrogen-bond acceptors (Lipinski definition) is 4. The topological polar surface area (TPSA) is 75.7 Å². The highest BCUT2D eigenvalue weighted by atomic mass is 16.5. The molecule has 0 radical (unpaired) electrons. The Bertz CT molecular complexity index is 909. The van der Waals surface area contributed by atoms with E-state index in [2.05, 4.69) is 5.32 Å². The van der Waals surface area contributed by atoms with E-state index >= 15 is 0 Å². The quantitative estimate of drug-likeness (QED) is 0.807. The zero-order valence-electron chi connectivity index (χ0n) is 16.5. The summed E-state index contributed by atoms with van der Waals surface area (Å²) < 4.78 is 5.58. The van der Waals surface area contributed by atoms with E-state index in [1.165, 1.54) is 4.90 Å². The van der Waals surface area contributed by atoms with E-state index in [-0.39, 0.29) is 24.3 Å². The number of nitrogens with one attached hydrogen (secondary N) is 1. The van der Waals surface area contributed by atoms with Gasteiger partial charge >= 0.3 is 0 Å².